The number of ether oxygens (including phenoxy) is 1. The summed E-state index contributed by atoms with van der Waals surface area (Å²) < 4.78 is 20.7. The van der Waals surface area contributed by atoms with Crippen molar-refractivity contribution in [3.8, 4) is 5.75 Å². The van der Waals surface area contributed by atoms with E-state index in [4.69, 9.17) is 4.74 Å². The Labute approximate surface area is 142 Å². The molecular weight excluding hydrogens is 309 g/mol. The highest BCUT2D eigenvalue weighted by atomic mass is 19.1. The van der Waals surface area contributed by atoms with Gasteiger partial charge in [0.25, 0.3) is 0 Å². The number of hydrogen-bond donors (Lipinski definition) is 0. The summed E-state index contributed by atoms with van der Waals surface area (Å²) in [6.07, 6.45) is 0. The first kappa shape index (κ1) is 18.0. The molecule has 0 saturated carbocycles. The topological polar surface area (TPSA) is 47.4 Å². The summed E-state index contributed by atoms with van der Waals surface area (Å²) in [5, 5.41) is 4.39. The summed E-state index contributed by atoms with van der Waals surface area (Å²) in [7, 11) is 0. The number of aromatic nitrogens is 2. The predicted molar refractivity (Wildman–Crippen MR) is 90.6 cm³/mol. The van der Waals surface area contributed by atoms with Gasteiger partial charge in [-0.3, -0.25) is 9.48 Å². The second-order valence-electron chi connectivity index (χ2n) is 5.71. The van der Waals surface area contributed by atoms with Crippen LogP contribution >= 0.6 is 0 Å². The highest BCUT2D eigenvalue weighted by molar-refractivity contribution is 5.76. The van der Waals surface area contributed by atoms with Crippen LogP contribution in [0.4, 0.5) is 4.39 Å². The molecule has 0 aliphatic carbocycles. The number of aryl methyl sites for hydroxylation is 1. The number of amides is 1. The number of rotatable bonds is 7. The molecule has 0 fully saturated rings. The standard InChI is InChI=1S/C18H24FN3O2/c1-5-21(10-11-24-17-9-7-6-8-16(17)19)18(23)12-22-15(4)13(2)14(3)20-22/h6-9H,5,10-12H2,1-4H3. The molecule has 0 radical (unpaired) electrons. The van der Waals surface area contributed by atoms with Crippen LogP contribution in [-0.2, 0) is 11.3 Å². The molecule has 0 aliphatic rings. The zero-order valence-electron chi connectivity index (χ0n) is 14.7. The van der Waals surface area contributed by atoms with Crippen molar-refractivity contribution in [2.45, 2.75) is 34.2 Å². The van der Waals surface area contributed by atoms with Crippen LogP contribution in [0.3, 0.4) is 0 Å². The van der Waals surface area contributed by atoms with Crippen LogP contribution in [0.2, 0.25) is 0 Å². The molecule has 1 heterocycles. The first-order valence-corrected chi connectivity index (χ1v) is 8.09. The number of hydrogen-bond acceptors (Lipinski definition) is 3. The summed E-state index contributed by atoms with van der Waals surface area (Å²) >= 11 is 0. The number of carbonyl (C=O) groups excluding carboxylic acids is 1. The lowest BCUT2D eigenvalue weighted by Crippen LogP contribution is -2.37. The molecule has 1 aromatic heterocycles. The summed E-state index contributed by atoms with van der Waals surface area (Å²) in [4.78, 5) is 14.1. The summed E-state index contributed by atoms with van der Waals surface area (Å²) in [5.41, 5.74) is 3.04. The second-order valence-corrected chi connectivity index (χ2v) is 5.71. The van der Waals surface area contributed by atoms with E-state index >= 15 is 0 Å². The fourth-order valence-electron chi connectivity index (χ4n) is 2.46. The Bertz CT molecular complexity index is 712. The summed E-state index contributed by atoms with van der Waals surface area (Å²) in [6, 6.07) is 6.25. The lowest BCUT2D eigenvalue weighted by atomic mass is 10.2. The van der Waals surface area contributed by atoms with Gasteiger partial charge in [0.1, 0.15) is 13.2 Å². The number of halogens is 1. The van der Waals surface area contributed by atoms with E-state index in [2.05, 4.69) is 5.10 Å². The van der Waals surface area contributed by atoms with E-state index < -0.39 is 5.82 Å². The molecule has 5 nitrogen and oxygen atoms in total. The molecule has 1 amide bonds. The van der Waals surface area contributed by atoms with E-state index in [1.165, 1.54) is 6.07 Å². The van der Waals surface area contributed by atoms with Gasteiger partial charge in [0, 0.05) is 12.2 Å². The minimum atomic E-state index is -0.398. The minimum absolute atomic E-state index is 0.0276. The van der Waals surface area contributed by atoms with Gasteiger partial charge in [-0.1, -0.05) is 12.1 Å². The highest BCUT2D eigenvalue weighted by Gasteiger charge is 2.16. The minimum Gasteiger partial charge on any atom is -0.489 e. The Morgan fingerprint density at radius 2 is 2.00 bits per heavy atom. The Hall–Kier alpha value is -2.37. The van der Waals surface area contributed by atoms with E-state index in [0.29, 0.717) is 13.1 Å². The van der Waals surface area contributed by atoms with E-state index in [1.54, 1.807) is 27.8 Å². The average molecular weight is 333 g/mol. The molecule has 0 aliphatic heterocycles. The van der Waals surface area contributed by atoms with Crippen LogP contribution in [-0.4, -0.2) is 40.3 Å². The summed E-state index contributed by atoms with van der Waals surface area (Å²) in [5.74, 6) is -0.222. The van der Waals surface area contributed by atoms with E-state index in [-0.39, 0.29) is 24.8 Å². The molecule has 130 valence electrons. The van der Waals surface area contributed by atoms with Crippen LogP contribution in [0, 0.1) is 26.6 Å². The molecule has 1 aromatic carbocycles. The van der Waals surface area contributed by atoms with Crippen LogP contribution in [0.15, 0.2) is 24.3 Å². The van der Waals surface area contributed by atoms with Crippen LogP contribution in [0.25, 0.3) is 0 Å². The third-order valence-electron chi connectivity index (χ3n) is 4.22. The van der Waals surface area contributed by atoms with Gasteiger partial charge in [0.15, 0.2) is 11.6 Å². The zero-order valence-corrected chi connectivity index (χ0v) is 14.7. The SMILES string of the molecule is CCN(CCOc1ccccc1F)C(=O)Cn1nc(C)c(C)c1C. The normalized spacial score (nSPS) is 10.7. The number of benzene rings is 1. The van der Waals surface area contributed by atoms with Crippen molar-refractivity contribution in [2.75, 3.05) is 19.7 Å². The van der Waals surface area contributed by atoms with Crippen molar-refractivity contribution in [3.63, 3.8) is 0 Å². The lowest BCUT2D eigenvalue weighted by molar-refractivity contribution is -0.132. The van der Waals surface area contributed by atoms with Crippen molar-refractivity contribution in [2.24, 2.45) is 0 Å². The molecule has 24 heavy (non-hydrogen) atoms. The average Bonchev–Trinajstić information content (AvgIpc) is 2.80. The molecule has 6 heteroatoms. The molecular formula is C18H24FN3O2. The molecule has 0 bridgehead atoms. The number of likely N-dealkylation sites (N-methyl/N-ethyl adjacent to an activating group) is 1. The summed E-state index contributed by atoms with van der Waals surface area (Å²) in [6.45, 7) is 9.22. The molecule has 0 atom stereocenters. The largest absolute Gasteiger partial charge is 0.489 e. The third-order valence-corrected chi connectivity index (χ3v) is 4.22. The van der Waals surface area contributed by atoms with Gasteiger partial charge in [-0.05, 0) is 45.4 Å². The smallest absolute Gasteiger partial charge is 0.244 e. The Kier molecular flexibility index (Phi) is 5.95. The van der Waals surface area contributed by atoms with Gasteiger partial charge >= 0.3 is 0 Å². The first-order chi connectivity index (χ1) is 11.4. The molecule has 0 saturated heterocycles. The fraction of sp³-hybridized carbons (Fsp3) is 0.444. The van der Waals surface area contributed by atoms with Gasteiger partial charge in [0.2, 0.25) is 5.91 Å². The van der Waals surface area contributed by atoms with Crippen LogP contribution in [0.1, 0.15) is 23.9 Å². The van der Waals surface area contributed by atoms with Crippen LogP contribution in [0.5, 0.6) is 5.75 Å². The zero-order chi connectivity index (χ0) is 17.7. The number of para-hydroxylation sites is 1. The Morgan fingerprint density at radius 3 is 2.58 bits per heavy atom. The second kappa shape index (κ2) is 7.95. The van der Waals surface area contributed by atoms with Crippen molar-refractivity contribution < 1.29 is 13.9 Å². The third kappa shape index (κ3) is 4.13. The van der Waals surface area contributed by atoms with E-state index in [1.807, 2.05) is 27.7 Å². The van der Waals surface area contributed by atoms with Gasteiger partial charge in [0.05, 0.1) is 12.2 Å². The number of carbonyl (C=O) groups is 1. The van der Waals surface area contributed by atoms with Crippen molar-refractivity contribution in [1.29, 1.82) is 0 Å². The molecule has 0 unspecified atom stereocenters. The van der Waals surface area contributed by atoms with E-state index in [0.717, 1.165) is 17.0 Å². The maximum Gasteiger partial charge on any atom is 0.244 e. The monoisotopic (exact) mass is 333 g/mol. The van der Waals surface area contributed by atoms with Gasteiger partial charge in [-0.2, -0.15) is 5.10 Å². The van der Waals surface area contributed by atoms with Gasteiger partial charge in [-0.15, -0.1) is 0 Å². The highest BCUT2D eigenvalue weighted by Crippen LogP contribution is 2.15. The lowest BCUT2D eigenvalue weighted by Gasteiger charge is -2.21. The molecule has 0 spiro atoms. The first-order valence-electron chi connectivity index (χ1n) is 8.09. The Morgan fingerprint density at radius 1 is 1.29 bits per heavy atom. The number of nitrogens with zero attached hydrogens (tertiary/aromatic N) is 3. The van der Waals surface area contributed by atoms with Gasteiger partial charge < -0.3 is 9.64 Å². The van der Waals surface area contributed by atoms with Crippen molar-refractivity contribution >= 4 is 5.91 Å². The van der Waals surface area contributed by atoms with E-state index in [9.17, 15) is 9.18 Å². The van der Waals surface area contributed by atoms with Gasteiger partial charge in [-0.25, -0.2) is 4.39 Å². The van der Waals surface area contributed by atoms with Crippen molar-refractivity contribution in [1.82, 2.24) is 14.7 Å². The maximum absolute atomic E-state index is 13.5. The van der Waals surface area contributed by atoms with Crippen LogP contribution < -0.4 is 4.74 Å². The maximum atomic E-state index is 13.5. The predicted octanol–water partition coefficient (Wildman–Crippen LogP) is 2.87. The molecule has 2 aromatic rings. The quantitative estimate of drug-likeness (QED) is 0.783. The molecule has 2 rings (SSSR count). The van der Waals surface area contributed by atoms with Crippen molar-refractivity contribution in [3.05, 3.63) is 47.0 Å². The fourth-order valence-corrected chi connectivity index (χ4v) is 2.46. The molecule has 0 N–H and O–H groups in total. The Balaban J connectivity index is 1.92.